The van der Waals surface area contributed by atoms with E-state index in [4.69, 9.17) is 5.11 Å². The van der Waals surface area contributed by atoms with E-state index in [0.29, 0.717) is 19.4 Å². The molecule has 1 heterocycles. The molecule has 6 nitrogen and oxygen atoms in total. The summed E-state index contributed by atoms with van der Waals surface area (Å²) in [6.45, 7) is 4.55. The Morgan fingerprint density at radius 1 is 1.36 bits per heavy atom. The Morgan fingerprint density at radius 3 is 2.52 bits per heavy atom. The van der Waals surface area contributed by atoms with Crippen molar-refractivity contribution < 1.29 is 18.3 Å². The maximum Gasteiger partial charge on any atom is 0.306 e. The van der Waals surface area contributed by atoms with Gasteiger partial charge in [0.05, 0.1) is 5.92 Å². The number of hydrogen-bond donors (Lipinski definition) is 1. The first kappa shape index (κ1) is 20.2. The maximum atomic E-state index is 13.1. The van der Waals surface area contributed by atoms with E-state index in [1.807, 2.05) is 44.4 Å². The molecule has 0 aliphatic carbocycles. The number of carboxylic acids is 1. The highest BCUT2D eigenvalue weighted by molar-refractivity contribution is 7.98. The van der Waals surface area contributed by atoms with Crippen LogP contribution >= 0.6 is 11.8 Å². The summed E-state index contributed by atoms with van der Waals surface area (Å²) >= 11 is 1.62. The van der Waals surface area contributed by atoms with Gasteiger partial charge >= 0.3 is 5.97 Å². The van der Waals surface area contributed by atoms with Gasteiger partial charge < -0.3 is 5.11 Å². The lowest BCUT2D eigenvalue weighted by Crippen LogP contribution is -2.49. The van der Waals surface area contributed by atoms with Crippen LogP contribution in [0.25, 0.3) is 0 Å². The summed E-state index contributed by atoms with van der Waals surface area (Å²) in [6, 6.07) is 7.69. The Hall–Kier alpha value is -1.09. The molecule has 1 aliphatic heterocycles. The molecule has 0 saturated carbocycles. The van der Waals surface area contributed by atoms with Crippen molar-refractivity contribution in [3.05, 3.63) is 29.8 Å². The average molecular weight is 387 g/mol. The second kappa shape index (κ2) is 8.53. The molecule has 140 valence electrons. The van der Waals surface area contributed by atoms with Gasteiger partial charge in [0, 0.05) is 30.6 Å². The number of aliphatic carboxylic acids is 1. The van der Waals surface area contributed by atoms with Gasteiger partial charge in [0.25, 0.3) is 10.2 Å². The van der Waals surface area contributed by atoms with Crippen LogP contribution in [-0.4, -0.2) is 53.5 Å². The topological polar surface area (TPSA) is 77.9 Å². The fourth-order valence-corrected chi connectivity index (χ4v) is 5.26. The van der Waals surface area contributed by atoms with Crippen LogP contribution < -0.4 is 0 Å². The summed E-state index contributed by atoms with van der Waals surface area (Å²) < 4.78 is 29.0. The van der Waals surface area contributed by atoms with E-state index in [1.54, 1.807) is 11.8 Å². The molecule has 0 radical (unpaired) electrons. The van der Waals surface area contributed by atoms with E-state index in [-0.39, 0.29) is 19.1 Å². The third kappa shape index (κ3) is 4.97. The first-order valence-corrected chi connectivity index (χ1v) is 11.0. The van der Waals surface area contributed by atoms with E-state index in [2.05, 4.69) is 0 Å². The number of rotatable bonds is 7. The predicted molar refractivity (Wildman–Crippen MR) is 99.8 cm³/mol. The van der Waals surface area contributed by atoms with Gasteiger partial charge in [-0.15, -0.1) is 11.8 Å². The zero-order chi connectivity index (χ0) is 18.6. The Morgan fingerprint density at radius 2 is 2.00 bits per heavy atom. The summed E-state index contributed by atoms with van der Waals surface area (Å²) in [5, 5.41) is 9.09. The second-order valence-electron chi connectivity index (χ2n) is 6.51. The van der Waals surface area contributed by atoms with Gasteiger partial charge in [0.1, 0.15) is 0 Å². The number of carboxylic acid groups (broad SMARTS) is 1. The Balaban J connectivity index is 2.16. The SMILES string of the molecule is CSc1cccc(CN(C(C)C)S(=O)(=O)N2CCC(C(=O)O)CC2)c1. The minimum atomic E-state index is -3.62. The number of benzene rings is 1. The van der Waals surface area contributed by atoms with Crippen LogP contribution in [0.3, 0.4) is 0 Å². The molecule has 0 amide bonds. The fraction of sp³-hybridized carbons (Fsp3) is 0.588. The number of carbonyl (C=O) groups is 1. The number of hydrogen-bond acceptors (Lipinski definition) is 4. The lowest BCUT2D eigenvalue weighted by atomic mass is 9.99. The van der Waals surface area contributed by atoms with Crippen molar-refractivity contribution in [2.24, 2.45) is 5.92 Å². The Kier molecular flexibility index (Phi) is 6.90. The van der Waals surface area contributed by atoms with Crippen molar-refractivity contribution in [1.82, 2.24) is 8.61 Å². The van der Waals surface area contributed by atoms with Gasteiger partial charge in [-0.3, -0.25) is 4.79 Å². The molecule has 0 unspecified atom stereocenters. The number of thioether (sulfide) groups is 1. The first-order valence-electron chi connectivity index (χ1n) is 8.38. The molecule has 25 heavy (non-hydrogen) atoms. The van der Waals surface area contributed by atoms with Gasteiger partial charge in [-0.2, -0.15) is 17.0 Å². The molecule has 0 atom stereocenters. The quantitative estimate of drug-likeness (QED) is 0.729. The fourth-order valence-electron chi connectivity index (χ4n) is 2.96. The molecular weight excluding hydrogens is 360 g/mol. The van der Waals surface area contributed by atoms with Crippen LogP contribution in [0.1, 0.15) is 32.3 Å². The second-order valence-corrected chi connectivity index (χ2v) is 9.27. The number of nitrogens with zero attached hydrogens (tertiary/aromatic N) is 2. The lowest BCUT2D eigenvalue weighted by molar-refractivity contribution is -0.142. The molecule has 1 N–H and O–H groups in total. The molecular formula is C17H26N2O4S2. The van der Waals surface area contributed by atoms with Crippen LogP contribution in [-0.2, 0) is 21.5 Å². The smallest absolute Gasteiger partial charge is 0.306 e. The van der Waals surface area contributed by atoms with Gasteiger partial charge in [-0.05, 0) is 50.6 Å². The van der Waals surface area contributed by atoms with E-state index in [1.165, 1.54) is 8.61 Å². The lowest BCUT2D eigenvalue weighted by Gasteiger charge is -2.35. The predicted octanol–water partition coefficient (Wildman–Crippen LogP) is 2.66. The van der Waals surface area contributed by atoms with Crippen molar-refractivity contribution in [1.29, 1.82) is 0 Å². The van der Waals surface area contributed by atoms with E-state index in [0.717, 1.165) is 10.5 Å². The molecule has 1 fully saturated rings. The molecule has 1 aromatic carbocycles. The molecule has 1 aromatic rings. The summed E-state index contributed by atoms with van der Waals surface area (Å²) in [4.78, 5) is 12.2. The van der Waals surface area contributed by atoms with Crippen molar-refractivity contribution >= 4 is 27.9 Å². The highest BCUT2D eigenvalue weighted by Crippen LogP contribution is 2.25. The minimum Gasteiger partial charge on any atom is -0.481 e. The summed E-state index contributed by atoms with van der Waals surface area (Å²) in [5.74, 6) is -1.29. The zero-order valence-corrected chi connectivity index (χ0v) is 16.5. The van der Waals surface area contributed by atoms with E-state index >= 15 is 0 Å². The maximum absolute atomic E-state index is 13.1. The third-order valence-corrected chi connectivity index (χ3v) is 7.36. The summed E-state index contributed by atoms with van der Waals surface area (Å²) in [7, 11) is -3.62. The summed E-state index contributed by atoms with van der Waals surface area (Å²) in [6.07, 6.45) is 2.72. The monoisotopic (exact) mass is 386 g/mol. The highest BCUT2D eigenvalue weighted by Gasteiger charge is 2.35. The largest absolute Gasteiger partial charge is 0.481 e. The molecule has 1 saturated heterocycles. The Labute approximate surface area is 154 Å². The van der Waals surface area contributed by atoms with Crippen LogP contribution in [0, 0.1) is 5.92 Å². The standard InChI is InChI=1S/C17H26N2O4S2/c1-13(2)19(12-14-5-4-6-16(11-14)24-3)25(22,23)18-9-7-15(8-10-18)17(20)21/h4-6,11,13,15H,7-10,12H2,1-3H3,(H,20,21). The normalized spacial score (nSPS) is 17.3. The van der Waals surface area contributed by atoms with Gasteiger partial charge in [0.2, 0.25) is 0 Å². The third-order valence-electron chi connectivity index (χ3n) is 4.47. The van der Waals surface area contributed by atoms with Gasteiger partial charge in [-0.1, -0.05) is 12.1 Å². The van der Waals surface area contributed by atoms with Crippen molar-refractivity contribution in [2.45, 2.75) is 44.2 Å². The average Bonchev–Trinajstić information content (AvgIpc) is 2.59. The highest BCUT2D eigenvalue weighted by atomic mass is 32.2. The molecule has 8 heteroatoms. The van der Waals surface area contributed by atoms with E-state index < -0.39 is 22.1 Å². The Bertz CT molecular complexity index is 698. The van der Waals surface area contributed by atoms with Crippen molar-refractivity contribution in [3.63, 3.8) is 0 Å². The van der Waals surface area contributed by atoms with Gasteiger partial charge in [0.15, 0.2) is 0 Å². The molecule has 2 rings (SSSR count). The number of piperidine rings is 1. The molecule has 0 aromatic heterocycles. The van der Waals surface area contributed by atoms with Gasteiger partial charge in [-0.25, -0.2) is 0 Å². The van der Waals surface area contributed by atoms with E-state index in [9.17, 15) is 13.2 Å². The summed E-state index contributed by atoms with van der Waals surface area (Å²) in [5.41, 5.74) is 0.949. The molecule has 0 spiro atoms. The van der Waals surface area contributed by atoms with Crippen LogP contribution in [0.5, 0.6) is 0 Å². The van der Waals surface area contributed by atoms with Crippen molar-refractivity contribution in [3.8, 4) is 0 Å². The van der Waals surface area contributed by atoms with Crippen molar-refractivity contribution in [2.75, 3.05) is 19.3 Å². The molecule has 1 aliphatic rings. The van der Waals surface area contributed by atoms with Crippen LogP contribution in [0.4, 0.5) is 0 Å². The first-order chi connectivity index (χ1) is 11.8. The van der Waals surface area contributed by atoms with Crippen LogP contribution in [0.2, 0.25) is 0 Å². The van der Waals surface area contributed by atoms with Crippen LogP contribution in [0.15, 0.2) is 29.2 Å². The minimum absolute atomic E-state index is 0.180. The zero-order valence-electron chi connectivity index (χ0n) is 14.9. The molecule has 0 bridgehead atoms.